The van der Waals surface area contributed by atoms with E-state index in [0.29, 0.717) is 12.5 Å². The SMILES string of the molecule is COc1ccc(CN2C(=O)C3CC(CN3CCC(C)C)Oc3ccccc32)cc1. The van der Waals surface area contributed by atoms with Gasteiger partial charge in [-0.1, -0.05) is 38.1 Å². The molecule has 0 aromatic heterocycles. The number of likely N-dealkylation sites (tertiary alicyclic amines) is 1. The number of carbonyl (C=O) groups is 1. The van der Waals surface area contributed by atoms with Crippen LogP contribution < -0.4 is 14.4 Å². The van der Waals surface area contributed by atoms with Crippen LogP contribution in [0.15, 0.2) is 48.5 Å². The number of anilines is 1. The Hall–Kier alpha value is -2.53. The normalized spacial score (nSPS) is 21.5. The second-order valence-corrected chi connectivity index (χ2v) is 8.41. The fourth-order valence-electron chi connectivity index (χ4n) is 4.21. The van der Waals surface area contributed by atoms with Crippen LogP contribution in [0, 0.1) is 5.92 Å². The third kappa shape index (κ3) is 4.25. The Morgan fingerprint density at radius 1 is 1.14 bits per heavy atom. The van der Waals surface area contributed by atoms with Gasteiger partial charge in [-0.3, -0.25) is 9.69 Å². The van der Waals surface area contributed by atoms with E-state index in [1.165, 1.54) is 0 Å². The molecule has 2 aliphatic heterocycles. The summed E-state index contributed by atoms with van der Waals surface area (Å²) in [6.07, 6.45) is 1.91. The first-order valence-electron chi connectivity index (χ1n) is 10.5. The number of hydrogen-bond acceptors (Lipinski definition) is 4. The fraction of sp³-hybridized carbons (Fsp3) is 0.458. The van der Waals surface area contributed by atoms with Gasteiger partial charge in [0.1, 0.15) is 17.6 Å². The standard InChI is InChI=1S/C24H30N2O3/c1-17(2)12-13-25-16-20-14-22(25)24(27)26(21-6-4-5-7-23(21)29-20)15-18-8-10-19(28-3)11-9-18/h4-11,17,20,22H,12-16H2,1-3H3. The summed E-state index contributed by atoms with van der Waals surface area (Å²) < 4.78 is 11.6. The minimum Gasteiger partial charge on any atom is -0.497 e. The first-order valence-corrected chi connectivity index (χ1v) is 10.5. The van der Waals surface area contributed by atoms with Crippen LogP contribution in [-0.4, -0.2) is 43.2 Å². The van der Waals surface area contributed by atoms with Gasteiger partial charge in [0.15, 0.2) is 0 Å². The topological polar surface area (TPSA) is 42.0 Å². The van der Waals surface area contributed by atoms with Crippen molar-refractivity contribution in [3.05, 3.63) is 54.1 Å². The van der Waals surface area contributed by atoms with E-state index in [-0.39, 0.29) is 18.1 Å². The third-order valence-corrected chi connectivity index (χ3v) is 5.86. The second-order valence-electron chi connectivity index (χ2n) is 8.41. The van der Waals surface area contributed by atoms with Crippen molar-refractivity contribution in [1.82, 2.24) is 4.90 Å². The molecule has 0 aliphatic carbocycles. The number of rotatable bonds is 6. The summed E-state index contributed by atoms with van der Waals surface area (Å²) in [7, 11) is 1.66. The maximum Gasteiger partial charge on any atom is 0.244 e. The summed E-state index contributed by atoms with van der Waals surface area (Å²) in [5, 5.41) is 0. The number of para-hydroxylation sites is 2. The molecule has 0 saturated carbocycles. The number of methoxy groups -OCH3 is 1. The first kappa shape index (κ1) is 19.8. The molecular formula is C24H30N2O3. The van der Waals surface area contributed by atoms with E-state index in [4.69, 9.17) is 9.47 Å². The van der Waals surface area contributed by atoms with Crippen molar-refractivity contribution in [2.75, 3.05) is 25.1 Å². The monoisotopic (exact) mass is 394 g/mol. The van der Waals surface area contributed by atoms with Crippen LogP contribution in [-0.2, 0) is 11.3 Å². The molecule has 2 bridgehead atoms. The number of hydrogen-bond donors (Lipinski definition) is 0. The van der Waals surface area contributed by atoms with Gasteiger partial charge in [0.2, 0.25) is 5.91 Å². The quantitative estimate of drug-likeness (QED) is 0.739. The Morgan fingerprint density at radius 2 is 1.90 bits per heavy atom. The van der Waals surface area contributed by atoms with Crippen molar-refractivity contribution in [1.29, 1.82) is 0 Å². The summed E-state index contributed by atoms with van der Waals surface area (Å²) in [5.41, 5.74) is 1.92. The summed E-state index contributed by atoms with van der Waals surface area (Å²) in [6.45, 7) is 6.71. The van der Waals surface area contributed by atoms with Gasteiger partial charge in [-0.25, -0.2) is 0 Å². The average Bonchev–Trinajstić information content (AvgIpc) is 3.14. The molecule has 5 nitrogen and oxygen atoms in total. The van der Waals surface area contributed by atoms with Crippen LogP contribution in [0.25, 0.3) is 0 Å². The molecule has 2 heterocycles. The molecule has 1 fully saturated rings. The Kier molecular flexibility index (Phi) is 5.76. The lowest BCUT2D eigenvalue weighted by molar-refractivity contribution is -0.123. The smallest absolute Gasteiger partial charge is 0.244 e. The number of nitrogens with zero attached hydrogens (tertiary/aromatic N) is 2. The van der Waals surface area contributed by atoms with Crippen LogP contribution >= 0.6 is 0 Å². The Labute approximate surface area is 173 Å². The van der Waals surface area contributed by atoms with E-state index in [0.717, 1.165) is 48.7 Å². The van der Waals surface area contributed by atoms with Gasteiger partial charge in [-0.2, -0.15) is 0 Å². The Balaban J connectivity index is 1.64. The van der Waals surface area contributed by atoms with Crippen LogP contribution in [0.2, 0.25) is 0 Å². The molecular weight excluding hydrogens is 364 g/mol. The van der Waals surface area contributed by atoms with E-state index in [1.54, 1.807) is 7.11 Å². The molecule has 29 heavy (non-hydrogen) atoms. The van der Waals surface area contributed by atoms with Crippen molar-refractivity contribution in [3.8, 4) is 11.5 Å². The highest BCUT2D eigenvalue weighted by Crippen LogP contribution is 2.37. The largest absolute Gasteiger partial charge is 0.497 e. The molecule has 0 radical (unpaired) electrons. The second kappa shape index (κ2) is 8.46. The average molecular weight is 395 g/mol. The molecule has 2 unspecified atom stereocenters. The maximum absolute atomic E-state index is 13.7. The molecule has 2 aromatic rings. The molecule has 2 aliphatic rings. The number of benzene rings is 2. The van der Waals surface area contributed by atoms with Crippen molar-refractivity contribution in [2.24, 2.45) is 5.92 Å². The van der Waals surface area contributed by atoms with Crippen LogP contribution in [0.5, 0.6) is 11.5 Å². The maximum atomic E-state index is 13.7. The molecule has 2 aromatic carbocycles. The lowest BCUT2D eigenvalue weighted by atomic mass is 10.1. The predicted molar refractivity (Wildman–Crippen MR) is 114 cm³/mol. The van der Waals surface area contributed by atoms with Crippen LogP contribution in [0.4, 0.5) is 5.69 Å². The zero-order valence-corrected chi connectivity index (χ0v) is 17.5. The van der Waals surface area contributed by atoms with E-state index < -0.39 is 0 Å². The predicted octanol–water partition coefficient (Wildman–Crippen LogP) is 4.11. The fourth-order valence-corrected chi connectivity index (χ4v) is 4.21. The summed E-state index contributed by atoms with van der Waals surface area (Å²) in [4.78, 5) is 17.9. The van der Waals surface area contributed by atoms with Gasteiger partial charge >= 0.3 is 0 Å². The van der Waals surface area contributed by atoms with Gasteiger partial charge in [-0.05, 0) is 48.7 Å². The third-order valence-electron chi connectivity index (χ3n) is 5.86. The number of amides is 1. The number of carbonyl (C=O) groups excluding carboxylic acids is 1. The van der Waals surface area contributed by atoms with Crippen molar-refractivity contribution in [3.63, 3.8) is 0 Å². The summed E-state index contributed by atoms with van der Waals surface area (Å²) >= 11 is 0. The molecule has 4 rings (SSSR count). The molecule has 5 heteroatoms. The molecule has 0 spiro atoms. The summed E-state index contributed by atoms with van der Waals surface area (Å²) in [6, 6.07) is 15.7. The Bertz CT molecular complexity index is 849. The van der Waals surface area contributed by atoms with E-state index in [9.17, 15) is 4.79 Å². The number of fused-ring (bicyclic) bond motifs is 3. The van der Waals surface area contributed by atoms with E-state index >= 15 is 0 Å². The van der Waals surface area contributed by atoms with Gasteiger partial charge in [0.05, 0.1) is 25.4 Å². The van der Waals surface area contributed by atoms with Crippen molar-refractivity contribution < 1.29 is 14.3 Å². The van der Waals surface area contributed by atoms with Gasteiger partial charge in [0, 0.05) is 13.0 Å². The lowest BCUT2D eigenvalue weighted by Crippen LogP contribution is -2.46. The van der Waals surface area contributed by atoms with E-state index in [2.05, 4.69) is 18.7 Å². The van der Waals surface area contributed by atoms with E-state index in [1.807, 2.05) is 53.4 Å². The van der Waals surface area contributed by atoms with Crippen molar-refractivity contribution >= 4 is 11.6 Å². The van der Waals surface area contributed by atoms with Gasteiger partial charge < -0.3 is 14.4 Å². The molecule has 1 amide bonds. The highest BCUT2D eigenvalue weighted by molar-refractivity contribution is 5.99. The highest BCUT2D eigenvalue weighted by atomic mass is 16.5. The highest BCUT2D eigenvalue weighted by Gasteiger charge is 2.42. The van der Waals surface area contributed by atoms with Crippen molar-refractivity contribution in [2.45, 2.75) is 45.4 Å². The Morgan fingerprint density at radius 3 is 2.62 bits per heavy atom. The zero-order valence-electron chi connectivity index (χ0n) is 17.5. The summed E-state index contributed by atoms with van der Waals surface area (Å²) in [5.74, 6) is 2.39. The minimum absolute atomic E-state index is 0.0698. The van der Waals surface area contributed by atoms with Gasteiger partial charge in [-0.15, -0.1) is 0 Å². The molecule has 154 valence electrons. The zero-order chi connectivity index (χ0) is 20.4. The minimum atomic E-state index is -0.120. The van der Waals surface area contributed by atoms with Crippen LogP contribution in [0.1, 0.15) is 32.3 Å². The first-order chi connectivity index (χ1) is 14.0. The molecule has 2 atom stereocenters. The molecule has 0 N–H and O–H groups in total. The van der Waals surface area contributed by atoms with Gasteiger partial charge in [0.25, 0.3) is 0 Å². The van der Waals surface area contributed by atoms with Crippen LogP contribution in [0.3, 0.4) is 0 Å². The molecule has 1 saturated heterocycles. The number of ether oxygens (including phenoxy) is 2. The lowest BCUT2D eigenvalue weighted by Gasteiger charge is -2.32.